The molecule has 9 nitrogen and oxygen atoms in total. The second-order valence-electron chi connectivity index (χ2n) is 4.19. The smallest absolute Gasteiger partial charge is 0.389 e. The standard InChI is InChI=1S/C9H13N2O7P/c12-5-3-10-6-7(9(14)8(6)13)11(4-5)1-2-18-19(15,16)17/h5,10,12H,1-4H2,(H2,15,16,17). The van der Waals surface area contributed by atoms with E-state index in [0.717, 1.165) is 0 Å². The fraction of sp³-hybridized carbons (Fsp3) is 0.556. The second-order valence-corrected chi connectivity index (χ2v) is 5.43. The van der Waals surface area contributed by atoms with Gasteiger partial charge in [-0.3, -0.25) is 14.1 Å². The first-order valence-electron chi connectivity index (χ1n) is 5.50. The van der Waals surface area contributed by atoms with Crippen molar-refractivity contribution in [2.24, 2.45) is 0 Å². The molecule has 0 fully saturated rings. The van der Waals surface area contributed by atoms with Crippen molar-refractivity contribution in [3.63, 3.8) is 0 Å². The van der Waals surface area contributed by atoms with Crippen LogP contribution in [0.15, 0.2) is 9.59 Å². The number of nitrogens with one attached hydrogen (secondary N) is 1. The van der Waals surface area contributed by atoms with E-state index in [1.807, 2.05) is 0 Å². The Labute approximate surface area is 107 Å². The Bertz CT molecular complexity index is 588. The molecule has 1 aliphatic heterocycles. The van der Waals surface area contributed by atoms with Crippen LogP contribution in [-0.2, 0) is 9.09 Å². The van der Waals surface area contributed by atoms with Crippen molar-refractivity contribution in [2.75, 3.05) is 36.5 Å². The Morgan fingerprint density at radius 3 is 2.68 bits per heavy atom. The van der Waals surface area contributed by atoms with Crippen LogP contribution in [-0.4, -0.2) is 47.2 Å². The predicted octanol–water partition coefficient (Wildman–Crippen LogP) is -2.02. The topological polar surface area (TPSA) is 136 Å². The number of phosphoric acid groups is 1. The van der Waals surface area contributed by atoms with Crippen molar-refractivity contribution in [3.05, 3.63) is 20.4 Å². The summed E-state index contributed by atoms with van der Waals surface area (Å²) in [7, 11) is -4.58. The van der Waals surface area contributed by atoms with Crippen LogP contribution in [0.3, 0.4) is 0 Å². The van der Waals surface area contributed by atoms with Gasteiger partial charge in [0.05, 0.1) is 12.7 Å². The van der Waals surface area contributed by atoms with Gasteiger partial charge in [0.1, 0.15) is 11.4 Å². The molecule has 10 heteroatoms. The number of hydrogen-bond acceptors (Lipinski definition) is 7. The molecule has 0 aliphatic carbocycles. The van der Waals surface area contributed by atoms with Gasteiger partial charge in [-0.2, -0.15) is 0 Å². The molecule has 106 valence electrons. The molecule has 2 rings (SSSR count). The van der Waals surface area contributed by atoms with E-state index in [0.29, 0.717) is 0 Å². The van der Waals surface area contributed by atoms with Gasteiger partial charge in [0, 0.05) is 19.6 Å². The van der Waals surface area contributed by atoms with Gasteiger partial charge in [-0.15, -0.1) is 0 Å². The molecule has 1 aliphatic rings. The van der Waals surface area contributed by atoms with E-state index >= 15 is 0 Å². The number of fused-ring (bicyclic) bond motifs is 1. The van der Waals surface area contributed by atoms with Gasteiger partial charge in [0.2, 0.25) is 0 Å². The van der Waals surface area contributed by atoms with Crippen molar-refractivity contribution in [3.8, 4) is 0 Å². The van der Waals surface area contributed by atoms with E-state index in [2.05, 4.69) is 9.84 Å². The Morgan fingerprint density at radius 1 is 1.37 bits per heavy atom. The monoisotopic (exact) mass is 292 g/mol. The Hall–Kier alpha value is -1.25. The normalized spacial score (nSPS) is 19.9. The van der Waals surface area contributed by atoms with Crippen LogP contribution >= 0.6 is 7.82 Å². The van der Waals surface area contributed by atoms with Crippen molar-refractivity contribution < 1.29 is 24.0 Å². The molecule has 1 atom stereocenters. The van der Waals surface area contributed by atoms with Crippen molar-refractivity contribution in [1.82, 2.24) is 0 Å². The average molecular weight is 292 g/mol. The zero-order chi connectivity index (χ0) is 14.2. The molecule has 0 amide bonds. The third kappa shape index (κ3) is 3.02. The number of hydrogen-bond donors (Lipinski definition) is 4. The molecule has 0 saturated heterocycles. The van der Waals surface area contributed by atoms with Gasteiger partial charge in [-0.1, -0.05) is 0 Å². The lowest BCUT2D eigenvalue weighted by Gasteiger charge is -2.25. The molecule has 19 heavy (non-hydrogen) atoms. The first-order chi connectivity index (χ1) is 8.79. The number of anilines is 2. The Balaban J connectivity index is 2.10. The molecule has 1 heterocycles. The first kappa shape index (κ1) is 14.2. The van der Waals surface area contributed by atoms with Crippen LogP contribution < -0.4 is 21.1 Å². The fourth-order valence-electron chi connectivity index (χ4n) is 1.95. The molecule has 1 aromatic carbocycles. The summed E-state index contributed by atoms with van der Waals surface area (Å²) in [5, 5.41) is 12.3. The molecule has 0 aromatic heterocycles. The van der Waals surface area contributed by atoms with Crippen LogP contribution in [0, 0.1) is 0 Å². The van der Waals surface area contributed by atoms with Crippen LogP contribution in [0.5, 0.6) is 0 Å². The minimum absolute atomic E-state index is 0.0122. The van der Waals surface area contributed by atoms with E-state index in [9.17, 15) is 19.3 Å². The SMILES string of the molecule is O=c1c2c(c1=O)N(CCOP(=O)(O)O)CC(O)CN2. The van der Waals surface area contributed by atoms with E-state index in [-0.39, 0.29) is 37.6 Å². The summed E-state index contributed by atoms with van der Waals surface area (Å²) in [5.41, 5.74) is -1.05. The highest BCUT2D eigenvalue weighted by Crippen LogP contribution is 2.35. The van der Waals surface area contributed by atoms with Gasteiger partial charge in [-0.25, -0.2) is 4.57 Å². The minimum Gasteiger partial charge on any atom is -0.389 e. The van der Waals surface area contributed by atoms with Crippen molar-refractivity contribution >= 4 is 19.2 Å². The largest absolute Gasteiger partial charge is 0.469 e. The zero-order valence-electron chi connectivity index (χ0n) is 9.77. The van der Waals surface area contributed by atoms with Crippen molar-refractivity contribution in [1.29, 1.82) is 0 Å². The summed E-state index contributed by atoms with van der Waals surface area (Å²) in [5.74, 6) is 0. The summed E-state index contributed by atoms with van der Waals surface area (Å²) in [6, 6.07) is 0. The second kappa shape index (κ2) is 5.03. The van der Waals surface area contributed by atoms with Crippen LogP contribution in [0.4, 0.5) is 11.4 Å². The Kier molecular flexibility index (Phi) is 3.75. The van der Waals surface area contributed by atoms with E-state index in [1.165, 1.54) is 4.90 Å². The van der Waals surface area contributed by atoms with E-state index < -0.39 is 24.8 Å². The van der Waals surface area contributed by atoms with Gasteiger partial charge >= 0.3 is 7.82 Å². The van der Waals surface area contributed by atoms with E-state index in [1.54, 1.807) is 0 Å². The van der Waals surface area contributed by atoms with Crippen LogP contribution in [0.1, 0.15) is 0 Å². The molecule has 0 radical (unpaired) electrons. The summed E-state index contributed by atoms with van der Waals surface area (Å²) in [4.78, 5) is 41.3. The third-order valence-corrected chi connectivity index (χ3v) is 3.29. The lowest BCUT2D eigenvalue weighted by molar-refractivity contribution is 0.184. The maximum Gasteiger partial charge on any atom is 0.469 e. The number of phosphoric ester groups is 1. The van der Waals surface area contributed by atoms with E-state index in [4.69, 9.17) is 9.79 Å². The summed E-state index contributed by atoms with van der Waals surface area (Å²) in [6.07, 6.45) is -0.804. The van der Waals surface area contributed by atoms with Crippen LogP contribution in [0.25, 0.3) is 0 Å². The lowest BCUT2D eigenvalue weighted by atomic mass is 10.1. The summed E-state index contributed by atoms with van der Waals surface area (Å²) >= 11 is 0. The molecule has 1 aromatic rings. The Morgan fingerprint density at radius 2 is 2.05 bits per heavy atom. The van der Waals surface area contributed by atoms with Crippen molar-refractivity contribution in [2.45, 2.75) is 6.10 Å². The molecular weight excluding hydrogens is 279 g/mol. The predicted molar refractivity (Wildman–Crippen MR) is 66.1 cm³/mol. The van der Waals surface area contributed by atoms with Crippen LogP contribution in [0.2, 0.25) is 0 Å². The quantitative estimate of drug-likeness (QED) is 0.366. The average Bonchev–Trinajstić information content (AvgIpc) is 2.44. The number of nitrogens with zero attached hydrogens (tertiary/aromatic N) is 1. The first-order valence-corrected chi connectivity index (χ1v) is 7.03. The summed E-state index contributed by atoms with van der Waals surface area (Å²) < 4.78 is 14.8. The zero-order valence-corrected chi connectivity index (χ0v) is 10.7. The molecule has 4 N–H and O–H groups in total. The summed E-state index contributed by atoms with van der Waals surface area (Å²) in [6.45, 7) is -0.125. The van der Waals surface area contributed by atoms with Gasteiger partial charge in [0.15, 0.2) is 0 Å². The van der Waals surface area contributed by atoms with Gasteiger partial charge < -0.3 is 25.1 Å². The number of β-amino-alcohol motifs (C(OH)–C–C–N with tert-alkyl or cyclic N) is 1. The third-order valence-electron chi connectivity index (χ3n) is 2.77. The highest BCUT2D eigenvalue weighted by atomic mass is 31.2. The van der Waals surface area contributed by atoms with Gasteiger partial charge in [0.25, 0.3) is 10.9 Å². The maximum atomic E-state index is 11.5. The van der Waals surface area contributed by atoms with Gasteiger partial charge in [-0.05, 0) is 0 Å². The fourth-order valence-corrected chi connectivity index (χ4v) is 2.27. The molecule has 0 bridgehead atoms. The highest BCUT2D eigenvalue weighted by molar-refractivity contribution is 7.46. The number of aliphatic hydroxyl groups excluding tert-OH is 1. The molecule has 0 saturated carbocycles. The number of rotatable bonds is 4. The highest BCUT2D eigenvalue weighted by Gasteiger charge is 2.30. The molecular formula is C9H13N2O7P. The number of aliphatic hydroxyl groups is 1. The lowest BCUT2D eigenvalue weighted by Crippen LogP contribution is -2.43. The molecule has 0 spiro atoms. The minimum atomic E-state index is -4.58. The maximum absolute atomic E-state index is 11.5. The molecule has 1 unspecified atom stereocenters.